The second kappa shape index (κ2) is 30.8. The number of aliphatic hydroxyl groups is 2. The molecule has 0 saturated carbocycles. The van der Waals surface area contributed by atoms with E-state index in [2.05, 4.69) is 57.3 Å². The second-order valence-corrected chi connectivity index (χ2v) is 17.6. The average molecular weight is 876 g/mol. The van der Waals surface area contributed by atoms with Gasteiger partial charge in [-0.2, -0.15) is 0 Å². The largest absolute Gasteiger partial charge is 0.514 e. The van der Waals surface area contributed by atoms with Crippen molar-refractivity contribution >= 4 is 45.6 Å². The maximum Gasteiger partial charge on any atom is 0.514 e. The lowest BCUT2D eigenvalue weighted by molar-refractivity contribution is -0.121. The summed E-state index contributed by atoms with van der Waals surface area (Å²) < 4.78 is 31.9. The molecule has 0 aliphatic heterocycles. The van der Waals surface area contributed by atoms with Gasteiger partial charge in [0.15, 0.2) is 23.0 Å². The summed E-state index contributed by atoms with van der Waals surface area (Å²) in [5, 5.41) is 21.5. The van der Waals surface area contributed by atoms with Crippen molar-refractivity contribution in [3.8, 4) is 23.0 Å². The van der Waals surface area contributed by atoms with Gasteiger partial charge in [0.25, 0.3) is 0 Å². The molecule has 0 radical (unpaired) electrons. The highest BCUT2D eigenvalue weighted by molar-refractivity contribution is 8.77. The van der Waals surface area contributed by atoms with Gasteiger partial charge in [0, 0.05) is 25.8 Å². The van der Waals surface area contributed by atoms with Gasteiger partial charge in [-0.1, -0.05) is 85.7 Å². The third-order valence-electron chi connectivity index (χ3n) is 8.68. The molecule has 0 fully saturated rings. The van der Waals surface area contributed by atoms with Crippen LogP contribution in [0.5, 0.6) is 23.0 Å². The van der Waals surface area contributed by atoms with E-state index in [-0.39, 0.29) is 61.9 Å². The Hall–Kier alpha value is -4.18. The molecule has 2 aromatic rings. The highest BCUT2D eigenvalue weighted by Crippen LogP contribution is 2.33. The van der Waals surface area contributed by atoms with Crippen LogP contribution in [0.15, 0.2) is 60.7 Å². The summed E-state index contributed by atoms with van der Waals surface area (Å²) in [6, 6.07) is 9.96. The van der Waals surface area contributed by atoms with Crippen molar-refractivity contribution in [1.82, 2.24) is 5.32 Å². The Balaban J connectivity index is 1.74. The SMILES string of the molecule is COc1cc(CCC(=O)CCCC/C=C/C(C)C)ccc1OC(=O)OCC(CO)SSC(CO)COC(=O)Oc1ccc(CNC(=O)CCCC/C=C/C(C)C)cc1OC. The summed E-state index contributed by atoms with van der Waals surface area (Å²) in [5.74, 6) is 2.04. The van der Waals surface area contributed by atoms with Crippen LogP contribution in [0.4, 0.5) is 9.59 Å². The first-order valence-electron chi connectivity index (χ1n) is 20.6. The first-order chi connectivity index (χ1) is 28.9. The predicted octanol–water partition coefficient (Wildman–Crippen LogP) is 9.20. The number of amides is 1. The lowest BCUT2D eigenvalue weighted by Crippen LogP contribution is -2.24. The van der Waals surface area contributed by atoms with E-state index in [1.807, 2.05) is 0 Å². The molecule has 2 rings (SSSR count). The highest BCUT2D eigenvalue weighted by atomic mass is 33.1. The number of allylic oxidation sites excluding steroid dienone is 4. The van der Waals surface area contributed by atoms with Crippen LogP contribution < -0.4 is 24.3 Å². The second-order valence-electron chi connectivity index (χ2n) is 14.7. The van der Waals surface area contributed by atoms with Gasteiger partial charge in [-0.25, -0.2) is 9.59 Å². The Bertz CT molecular complexity index is 1530. The fourth-order valence-corrected chi connectivity index (χ4v) is 7.69. The minimum atomic E-state index is -1.01. The van der Waals surface area contributed by atoms with Crippen LogP contribution in [0.3, 0.4) is 0 Å². The molecule has 2 atom stereocenters. The molecule has 0 bridgehead atoms. The molecule has 0 saturated heterocycles. The molecule has 60 heavy (non-hydrogen) atoms. The number of unbranched alkanes of at least 4 members (excludes halogenated alkanes) is 4. The molecule has 0 aromatic heterocycles. The minimum Gasteiger partial charge on any atom is -0.493 e. The number of carbonyl (C=O) groups is 4. The summed E-state index contributed by atoms with van der Waals surface area (Å²) in [4.78, 5) is 49.7. The zero-order valence-electron chi connectivity index (χ0n) is 36.0. The number of ketones is 1. The Labute approximate surface area is 363 Å². The Morgan fingerprint density at radius 3 is 1.62 bits per heavy atom. The number of ether oxygens (including phenoxy) is 6. The van der Waals surface area contributed by atoms with E-state index in [1.54, 1.807) is 36.4 Å². The smallest absolute Gasteiger partial charge is 0.493 e. The van der Waals surface area contributed by atoms with E-state index in [0.29, 0.717) is 43.3 Å². The zero-order valence-corrected chi connectivity index (χ0v) is 37.6. The topological polar surface area (TPSA) is 176 Å². The van der Waals surface area contributed by atoms with Gasteiger partial charge < -0.3 is 44.0 Å². The minimum absolute atomic E-state index is 0.0483. The average Bonchev–Trinajstić information content (AvgIpc) is 3.23. The predicted molar refractivity (Wildman–Crippen MR) is 237 cm³/mol. The molecule has 2 aromatic carbocycles. The molecule has 0 heterocycles. The number of aryl methyl sites for hydroxylation is 1. The summed E-state index contributed by atoms with van der Waals surface area (Å²) in [6.45, 7) is 7.68. The lowest BCUT2D eigenvalue weighted by Gasteiger charge is -2.18. The van der Waals surface area contributed by atoms with Crippen LogP contribution in [0.25, 0.3) is 0 Å². The maximum atomic E-state index is 12.5. The summed E-state index contributed by atoms with van der Waals surface area (Å²) in [5.41, 5.74) is 1.62. The molecule has 15 heteroatoms. The van der Waals surface area contributed by atoms with Crippen LogP contribution >= 0.6 is 21.6 Å². The molecule has 1 amide bonds. The molecule has 0 aliphatic rings. The van der Waals surface area contributed by atoms with E-state index in [0.717, 1.165) is 71.2 Å². The number of aliphatic hydroxyl groups excluding tert-OH is 2. The number of Topliss-reactive ketones (excluding diaryl/α,β-unsaturated/α-hetero) is 1. The number of hydrogen-bond acceptors (Lipinski definition) is 14. The van der Waals surface area contributed by atoms with Crippen LogP contribution in [-0.2, 0) is 32.0 Å². The summed E-state index contributed by atoms with van der Waals surface area (Å²) in [6.07, 6.45) is 14.1. The lowest BCUT2D eigenvalue weighted by atomic mass is 10.0. The van der Waals surface area contributed by atoms with Crippen molar-refractivity contribution in [2.75, 3.05) is 40.6 Å². The zero-order chi connectivity index (χ0) is 44.1. The van der Waals surface area contributed by atoms with E-state index in [9.17, 15) is 29.4 Å². The van der Waals surface area contributed by atoms with Crippen molar-refractivity contribution in [1.29, 1.82) is 0 Å². The standard InChI is InChI=1S/C45H65NO12S2/c1-32(2)15-11-7-9-13-17-36(49)22-19-34-20-23-39(41(25-34)53-5)57-44(51)55-30-37(28-47)59-60-38(29-48)31-56-45(52)58-40-24-21-35(26-42(40)54-6)27-46-43(50)18-14-10-8-12-16-33(3)4/h11-12,15-16,20-21,23-26,32-33,37-38,47-48H,7-10,13-14,17-19,22,27-31H2,1-6H3,(H,46,50)/b15-11+,16-12+. The number of hydrogen-bond donors (Lipinski definition) is 3. The van der Waals surface area contributed by atoms with E-state index in [4.69, 9.17) is 28.4 Å². The summed E-state index contributed by atoms with van der Waals surface area (Å²) in [7, 11) is 5.15. The van der Waals surface area contributed by atoms with Crippen LogP contribution in [0.1, 0.15) is 96.6 Å². The van der Waals surface area contributed by atoms with Gasteiger partial charge in [-0.05, 0) is 92.2 Å². The first-order valence-corrected chi connectivity index (χ1v) is 22.8. The molecular formula is C45H65NO12S2. The molecule has 0 aliphatic carbocycles. The molecule has 3 N–H and O–H groups in total. The van der Waals surface area contributed by atoms with Crippen molar-refractivity contribution in [2.45, 2.75) is 109 Å². The van der Waals surface area contributed by atoms with Gasteiger partial charge in [-0.15, -0.1) is 0 Å². The number of benzene rings is 2. The van der Waals surface area contributed by atoms with Gasteiger partial charge in [0.1, 0.15) is 19.0 Å². The van der Waals surface area contributed by atoms with Crippen molar-refractivity contribution in [3.05, 3.63) is 71.8 Å². The van der Waals surface area contributed by atoms with E-state index >= 15 is 0 Å². The molecular weight excluding hydrogens is 811 g/mol. The van der Waals surface area contributed by atoms with Crippen LogP contribution in [-0.4, -0.2) is 85.4 Å². The first kappa shape index (κ1) is 52.0. The van der Waals surface area contributed by atoms with Crippen LogP contribution in [0, 0.1) is 11.8 Å². The van der Waals surface area contributed by atoms with Gasteiger partial charge in [0.2, 0.25) is 5.91 Å². The Morgan fingerprint density at radius 1 is 0.650 bits per heavy atom. The number of carbonyl (C=O) groups excluding carboxylic acids is 4. The maximum absolute atomic E-state index is 12.5. The normalized spacial score (nSPS) is 12.4. The molecule has 2 unspecified atom stereocenters. The third-order valence-corrected chi connectivity index (χ3v) is 11.9. The van der Waals surface area contributed by atoms with E-state index < -0.39 is 22.8 Å². The van der Waals surface area contributed by atoms with Gasteiger partial charge in [-0.3, -0.25) is 9.59 Å². The number of rotatable bonds is 30. The molecule has 13 nitrogen and oxygen atoms in total. The number of methoxy groups -OCH3 is 2. The fraction of sp³-hybridized carbons (Fsp3) is 0.556. The van der Waals surface area contributed by atoms with Crippen molar-refractivity contribution < 1.29 is 57.8 Å². The molecule has 334 valence electrons. The Kier molecular flexibility index (Phi) is 26.7. The highest BCUT2D eigenvalue weighted by Gasteiger charge is 2.21. The molecule has 0 spiro atoms. The summed E-state index contributed by atoms with van der Waals surface area (Å²) >= 11 is 0. The van der Waals surface area contributed by atoms with Crippen molar-refractivity contribution in [3.63, 3.8) is 0 Å². The van der Waals surface area contributed by atoms with Crippen LogP contribution in [0.2, 0.25) is 0 Å². The quantitative estimate of drug-likeness (QED) is 0.0223. The monoisotopic (exact) mass is 875 g/mol. The van der Waals surface area contributed by atoms with E-state index in [1.165, 1.54) is 14.2 Å². The third kappa shape index (κ3) is 23.0. The Morgan fingerprint density at radius 2 is 1.13 bits per heavy atom. The number of nitrogens with one attached hydrogen (secondary N) is 1. The fourth-order valence-electron chi connectivity index (χ4n) is 5.36. The van der Waals surface area contributed by atoms with Gasteiger partial charge in [0.05, 0.1) is 37.9 Å². The van der Waals surface area contributed by atoms with Gasteiger partial charge >= 0.3 is 12.3 Å². The van der Waals surface area contributed by atoms with Crippen molar-refractivity contribution in [2.24, 2.45) is 11.8 Å².